The number of hydrogen-bond acceptors (Lipinski definition) is 12. The van der Waals surface area contributed by atoms with E-state index in [1.165, 1.54) is 38.5 Å². The molecule has 2 saturated heterocycles. The number of hydrogen-bond donors (Lipinski definition) is 6. The molecule has 2 amide bonds. The third kappa shape index (κ3) is 9.52. The van der Waals surface area contributed by atoms with Crippen LogP contribution in [-0.4, -0.2) is 95.9 Å². The predicted octanol–water partition coefficient (Wildman–Crippen LogP) is 1.04. The number of phenolic OH excluding ortho intramolecular Hbond substituents is 2. The van der Waals surface area contributed by atoms with Gasteiger partial charge in [-0.2, -0.15) is 0 Å². The molecule has 2 aromatic rings. The lowest BCUT2D eigenvalue weighted by Crippen LogP contribution is -2.49. The molecule has 0 bridgehead atoms. The van der Waals surface area contributed by atoms with Gasteiger partial charge in [0, 0.05) is 36.4 Å². The first kappa shape index (κ1) is 33.4. The van der Waals surface area contributed by atoms with Crippen molar-refractivity contribution in [1.82, 2.24) is 21.3 Å². The molecule has 0 aromatic heterocycles. The number of phenols is 2. The molecular formula is C30H38N4O8S2. The Morgan fingerprint density at radius 2 is 1.09 bits per heavy atom. The van der Waals surface area contributed by atoms with Crippen LogP contribution in [0.25, 0.3) is 0 Å². The molecule has 0 aliphatic carbocycles. The van der Waals surface area contributed by atoms with Crippen molar-refractivity contribution in [2.45, 2.75) is 60.4 Å². The maximum absolute atomic E-state index is 13.0. The third-order valence-corrected chi connectivity index (χ3v) is 10.8. The fraction of sp³-hybridized carbons (Fsp3) is 0.467. The summed E-state index contributed by atoms with van der Waals surface area (Å²) in [6, 6.07) is 10.2. The maximum Gasteiger partial charge on any atom is 0.328 e. The summed E-state index contributed by atoms with van der Waals surface area (Å²) < 4.78 is 9.77. The number of aromatic hydroxyl groups is 2. The van der Waals surface area contributed by atoms with Crippen molar-refractivity contribution < 1.29 is 38.9 Å². The van der Waals surface area contributed by atoms with Crippen molar-refractivity contribution in [3.63, 3.8) is 0 Å². The molecule has 4 rings (SSSR count). The molecule has 2 aromatic carbocycles. The van der Waals surface area contributed by atoms with Gasteiger partial charge in [-0.05, 0) is 48.2 Å². The summed E-state index contributed by atoms with van der Waals surface area (Å²) in [4.78, 5) is 50.7. The van der Waals surface area contributed by atoms with Gasteiger partial charge in [0.1, 0.15) is 23.6 Å². The fourth-order valence-electron chi connectivity index (χ4n) is 5.06. The zero-order valence-electron chi connectivity index (χ0n) is 24.5. The largest absolute Gasteiger partial charge is 0.508 e. The van der Waals surface area contributed by atoms with E-state index in [0.29, 0.717) is 25.9 Å². The molecule has 0 radical (unpaired) electrons. The van der Waals surface area contributed by atoms with Crippen molar-refractivity contribution in [1.29, 1.82) is 0 Å². The van der Waals surface area contributed by atoms with E-state index in [-0.39, 0.29) is 46.7 Å². The van der Waals surface area contributed by atoms with Crippen LogP contribution in [0.3, 0.4) is 0 Å². The van der Waals surface area contributed by atoms with Gasteiger partial charge in [-0.3, -0.25) is 9.59 Å². The van der Waals surface area contributed by atoms with Crippen LogP contribution in [0.4, 0.5) is 0 Å². The molecule has 12 nitrogen and oxygen atoms in total. The topological polar surface area (TPSA) is 175 Å². The van der Waals surface area contributed by atoms with Gasteiger partial charge in [0.2, 0.25) is 11.8 Å². The number of carbonyl (C=O) groups excluding carboxylic acids is 4. The highest BCUT2D eigenvalue weighted by Gasteiger charge is 2.36. The van der Waals surface area contributed by atoms with Crippen LogP contribution in [0.5, 0.6) is 11.5 Å². The summed E-state index contributed by atoms with van der Waals surface area (Å²) in [5.41, 5.74) is 1.55. The Hall–Kier alpha value is -3.46. The molecule has 0 spiro atoms. The van der Waals surface area contributed by atoms with Gasteiger partial charge >= 0.3 is 11.9 Å². The van der Waals surface area contributed by atoms with Crippen LogP contribution >= 0.6 is 21.6 Å². The van der Waals surface area contributed by atoms with Crippen LogP contribution < -0.4 is 21.3 Å². The Kier molecular flexibility index (Phi) is 12.2. The minimum Gasteiger partial charge on any atom is -0.508 e. The van der Waals surface area contributed by atoms with Crippen molar-refractivity contribution in [3.05, 3.63) is 59.7 Å². The van der Waals surface area contributed by atoms with E-state index in [0.717, 1.165) is 11.1 Å². The van der Waals surface area contributed by atoms with Crippen LogP contribution in [0.1, 0.15) is 24.0 Å². The van der Waals surface area contributed by atoms with E-state index in [9.17, 15) is 29.4 Å². The monoisotopic (exact) mass is 646 g/mol. The lowest BCUT2D eigenvalue weighted by Gasteiger charge is -2.19. The molecule has 44 heavy (non-hydrogen) atoms. The number of benzene rings is 2. The number of carbonyl (C=O) groups is 4. The van der Waals surface area contributed by atoms with E-state index in [2.05, 4.69) is 21.3 Å². The number of rotatable bonds is 13. The minimum absolute atomic E-state index is 0.116. The van der Waals surface area contributed by atoms with Crippen LogP contribution in [0, 0.1) is 0 Å². The normalized spacial score (nSPS) is 22.5. The highest BCUT2D eigenvalue weighted by atomic mass is 33.1. The lowest BCUT2D eigenvalue weighted by molar-refractivity contribution is -0.145. The standard InChI is InChI=1S/C30H38N4O8S2/c1-41-29(39)25(11-17-3-7-19(35)8-4-17)33-27(37)23-13-21(15-31-23)43-44-22-14-24(32-16-22)28(38)34-26(30(40)42-2)12-18-5-9-20(36)10-6-18/h3-10,21-26,31-32,35-36H,11-16H2,1-2H3,(H,33,37)(H,34,38)/t21-,22-,23+,24+,25+,26+/m1/s1. The highest BCUT2D eigenvalue weighted by molar-refractivity contribution is 8.77. The number of esters is 2. The molecule has 14 heteroatoms. The molecule has 2 aliphatic rings. The maximum atomic E-state index is 13.0. The number of methoxy groups -OCH3 is 2. The van der Waals surface area contributed by atoms with E-state index in [1.54, 1.807) is 45.9 Å². The molecule has 238 valence electrons. The zero-order chi connectivity index (χ0) is 31.6. The first-order valence-electron chi connectivity index (χ1n) is 14.3. The fourth-order valence-corrected chi connectivity index (χ4v) is 8.07. The first-order chi connectivity index (χ1) is 21.1. The van der Waals surface area contributed by atoms with Gasteiger partial charge in [0.05, 0.1) is 26.3 Å². The van der Waals surface area contributed by atoms with E-state index in [4.69, 9.17) is 9.47 Å². The number of ether oxygens (including phenoxy) is 2. The Morgan fingerprint density at radius 1 is 0.727 bits per heavy atom. The molecule has 0 saturated carbocycles. The Morgan fingerprint density at radius 3 is 1.43 bits per heavy atom. The molecule has 6 N–H and O–H groups in total. The summed E-state index contributed by atoms with van der Waals surface area (Å²) >= 11 is 0. The SMILES string of the molecule is COC(=O)[C@H](Cc1ccc(O)cc1)NC(=O)[C@@H]1C[C@@H](SS[C@H]2CN[C@H](C(=O)N[C@@H](Cc3ccc(O)cc3)C(=O)OC)C2)CN1. The summed E-state index contributed by atoms with van der Waals surface area (Å²) in [6.07, 6.45) is 1.64. The smallest absolute Gasteiger partial charge is 0.328 e. The quantitative estimate of drug-likeness (QED) is 0.135. The Labute approximate surface area is 263 Å². The molecule has 6 atom stereocenters. The third-order valence-electron chi connectivity index (χ3n) is 7.50. The molecule has 2 aliphatic heterocycles. The van der Waals surface area contributed by atoms with E-state index in [1.807, 2.05) is 0 Å². The van der Waals surface area contributed by atoms with Crippen molar-refractivity contribution in [2.75, 3.05) is 27.3 Å². The summed E-state index contributed by atoms with van der Waals surface area (Å²) in [5, 5.41) is 31.4. The Bertz CT molecular complexity index is 1200. The van der Waals surface area contributed by atoms with Crippen molar-refractivity contribution >= 4 is 45.3 Å². The van der Waals surface area contributed by atoms with Crippen molar-refractivity contribution in [2.24, 2.45) is 0 Å². The lowest BCUT2D eigenvalue weighted by atomic mass is 10.0. The van der Waals surface area contributed by atoms with E-state index < -0.39 is 36.1 Å². The average molecular weight is 647 g/mol. The average Bonchev–Trinajstić information content (AvgIpc) is 3.71. The second-order valence-corrected chi connectivity index (χ2v) is 13.6. The minimum atomic E-state index is -0.854. The number of amides is 2. The summed E-state index contributed by atoms with van der Waals surface area (Å²) in [5.74, 6) is -1.42. The molecule has 0 unspecified atom stereocenters. The van der Waals surface area contributed by atoms with Gasteiger partial charge < -0.3 is 41.0 Å². The van der Waals surface area contributed by atoms with Gasteiger partial charge in [-0.1, -0.05) is 45.9 Å². The van der Waals surface area contributed by atoms with Crippen LogP contribution in [0.15, 0.2) is 48.5 Å². The Balaban J connectivity index is 1.21. The number of nitrogens with one attached hydrogen (secondary N) is 4. The molecule has 2 heterocycles. The highest BCUT2D eigenvalue weighted by Crippen LogP contribution is 2.38. The van der Waals surface area contributed by atoms with Crippen LogP contribution in [0.2, 0.25) is 0 Å². The predicted molar refractivity (Wildman–Crippen MR) is 167 cm³/mol. The molecule has 2 fully saturated rings. The first-order valence-corrected chi connectivity index (χ1v) is 16.5. The van der Waals surface area contributed by atoms with Gasteiger partial charge in [0.15, 0.2) is 0 Å². The summed E-state index contributed by atoms with van der Waals surface area (Å²) in [6.45, 7) is 1.25. The van der Waals surface area contributed by atoms with E-state index >= 15 is 0 Å². The summed E-state index contributed by atoms with van der Waals surface area (Å²) in [7, 11) is 5.89. The van der Waals surface area contributed by atoms with Gasteiger partial charge in [0.25, 0.3) is 0 Å². The molecular weight excluding hydrogens is 608 g/mol. The second-order valence-electron chi connectivity index (χ2n) is 10.7. The zero-order valence-corrected chi connectivity index (χ0v) is 26.1. The van der Waals surface area contributed by atoms with Gasteiger partial charge in [-0.15, -0.1) is 0 Å². The second kappa shape index (κ2) is 16.0. The van der Waals surface area contributed by atoms with Gasteiger partial charge in [-0.25, -0.2) is 9.59 Å². The van der Waals surface area contributed by atoms with Crippen molar-refractivity contribution in [3.8, 4) is 11.5 Å². The van der Waals surface area contributed by atoms with Crippen LogP contribution in [-0.2, 0) is 41.5 Å².